The zero-order valence-electron chi connectivity index (χ0n) is 11.7. The van der Waals surface area contributed by atoms with Crippen molar-refractivity contribution in [2.24, 2.45) is 5.84 Å². The number of fused-ring (bicyclic) bond motifs is 1. The Hall–Kier alpha value is -1.10. The summed E-state index contributed by atoms with van der Waals surface area (Å²) in [5.41, 5.74) is 5.58. The third-order valence-electron chi connectivity index (χ3n) is 3.59. The lowest BCUT2D eigenvalue weighted by atomic mass is 10.0. The largest absolute Gasteiger partial charge is 0.493 e. The highest BCUT2D eigenvalue weighted by molar-refractivity contribution is 5.39. The van der Waals surface area contributed by atoms with Crippen LogP contribution in [0.2, 0.25) is 0 Å². The molecule has 0 saturated heterocycles. The van der Waals surface area contributed by atoms with Crippen molar-refractivity contribution in [2.75, 3.05) is 19.8 Å². The number of hydrogen-bond acceptors (Lipinski definition) is 4. The summed E-state index contributed by atoms with van der Waals surface area (Å²) in [7, 11) is 0. The van der Waals surface area contributed by atoms with Gasteiger partial charge in [0.2, 0.25) is 0 Å². The maximum absolute atomic E-state index is 5.58. The molecule has 0 amide bonds. The van der Waals surface area contributed by atoms with Crippen LogP contribution in [0.4, 0.5) is 0 Å². The molecule has 106 valence electrons. The van der Waals surface area contributed by atoms with E-state index in [2.05, 4.69) is 23.6 Å². The molecule has 3 N–H and O–H groups in total. The molecule has 0 bridgehead atoms. The molecule has 4 nitrogen and oxygen atoms in total. The molecule has 0 radical (unpaired) electrons. The average molecular weight is 264 g/mol. The lowest BCUT2D eigenvalue weighted by Crippen LogP contribution is -2.36. The standard InChI is InChI=1S/C15H24N2O2/c1-2-18-9-8-14(17-16)5-3-12-4-6-15-13(11-12)7-10-19-15/h4,6,11,14,17H,2-3,5,7-10,16H2,1H3. The van der Waals surface area contributed by atoms with E-state index in [1.54, 1.807) is 0 Å². The lowest BCUT2D eigenvalue weighted by Gasteiger charge is -2.15. The summed E-state index contributed by atoms with van der Waals surface area (Å²) in [4.78, 5) is 0. The van der Waals surface area contributed by atoms with Crippen LogP contribution in [0.1, 0.15) is 30.9 Å². The molecule has 1 aliphatic rings. The van der Waals surface area contributed by atoms with Gasteiger partial charge in [0.15, 0.2) is 0 Å². The second-order valence-corrected chi connectivity index (χ2v) is 4.93. The highest BCUT2D eigenvalue weighted by atomic mass is 16.5. The third-order valence-corrected chi connectivity index (χ3v) is 3.59. The number of aryl methyl sites for hydroxylation is 1. The van der Waals surface area contributed by atoms with Crippen molar-refractivity contribution >= 4 is 0 Å². The van der Waals surface area contributed by atoms with Crippen molar-refractivity contribution < 1.29 is 9.47 Å². The maximum Gasteiger partial charge on any atom is 0.122 e. The van der Waals surface area contributed by atoms with Gasteiger partial charge in [-0.25, -0.2) is 0 Å². The Bertz CT molecular complexity index is 396. The van der Waals surface area contributed by atoms with Crippen molar-refractivity contribution in [3.8, 4) is 5.75 Å². The fourth-order valence-corrected chi connectivity index (χ4v) is 2.42. The van der Waals surface area contributed by atoms with Gasteiger partial charge in [-0.15, -0.1) is 0 Å². The molecule has 4 heteroatoms. The van der Waals surface area contributed by atoms with Gasteiger partial charge in [-0.2, -0.15) is 0 Å². The first-order valence-corrected chi connectivity index (χ1v) is 7.12. The van der Waals surface area contributed by atoms with E-state index < -0.39 is 0 Å². The van der Waals surface area contributed by atoms with Crippen molar-refractivity contribution in [2.45, 2.75) is 38.6 Å². The number of benzene rings is 1. The number of rotatable bonds is 8. The van der Waals surface area contributed by atoms with Crippen LogP contribution in [0.15, 0.2) is 18.2 Å². The predicted octanol–water partition coefficient (Wildman–Crippen LogP) is 1.81. The SMILES string of the molecule is CCOCCC(CCc1ccc2c(c1)CCO2)NN. The van der Waals surface area contributed by atoms with E-state index >= 15 is 0 Å². The van der Waals surface area contributed by atoms with Gasteiger partial charge < -0.3 is 9.47 Å². The topological polar surface area (TPSA) is 56.5 Å². The van der Waals surface area contributed by atoms with Crippen LogP contribution in [0.5, 0.6) is 5.75 Å². The van der Waals surface area contributed by atoms with Crippen molar-refractivity contribution in [3.63, 3.8) is 0 Å². The molecular weight excluding hydrogens is 240 g/mol. The van der Waals surface area contributed by atoms with Crippen LogP contribution < -0.4 is 16.0 Å². The Labute approximate surface area is 115 Å². The van der Waals surface area contributed by atoms with Crippen LogP contribution >= 0.6 is 0 Å². The van der Waals surface area contributed by atoms with E-state index in [1.165, 1.54) is 11.1 Å². The number of ether oxygens (including phenoxy) is 2. The summed E-state index contributed by atoms with van der Waals surface area (Å²) in [6.07, 6.45) is 4.06. The van der Waals surface area contributed by atoms with Crippen molar-refractivity contribution in [1.82, 2.24) is 5.43 Å². The molecule has 0 saturated carbocycles. The molecule has 1 unspecified atom stereocenters. The fraction of sp³-hybridized carbons (Fsp3) is 0.600. The summed E-state index contributed by atoms with van der Waals surface area (Å²) in [5, 5.41) is 0. The molecular formula is C15H24N2O2. The summed E-state index contributed by atoms with van der Waals surface area (Å²) >= 11 is 0. The molecule has 1 aromatic carbocycles. The molecule has 1 aromatic rings. The van der Waals surface area contributed by atoms with Crippen LogP contribution in [-0.2, 0) is 17.6 Å². The van der Waals surface area contributed by atoms with Gasteiger partial charge in [0.1, 0.15) is 5.75 Å². The molecule has 0 fully saturated rings. The Morgan fingerprint density at radius 3 is 3.11 bits per heavy atom. The smallest absolute Gasteiger partial charge is 0.122 e. The monoisotopic (exact) mass is 264 g/mol. The van der Waals surface area contributed by atoms with E-state index in [0.29, 0.717) is 6.04 Å². The highest BCUT2D eigenvalue weighted by Crippen LogP contribution is 2.26. The van der Waals surface area contributed by atoms with E-state index in [4.69, 9.17) is 15.3 Å². The first kappa shape index (κ1) is 14.3. The number of nitrogens with two attached hydrogens (primary N) is 1. The molecule has 1 heterocycles. The molecule has 19 heavy (non-hydrogen) atoms. The molecule has 2 rings (SSSR count). The summed E-state index contributed by atoms with van der Waals surface area (Å²) in [6.45, 7) is 4.36. The Morgan fingerprint density at radius 1 is 1.42 bits per heavy atom. The van der Waals surface area contributed by atoms with E-state index in [0.717, 1.165) is 51.3 Å². The normalized spacial score (nSPS) is 15.1. The van der Waals surface area contributed by atoms with Crippen LogP contribution in [-0.4, -0.2) is 25.9 Å². The Kier molecular flexibility index (Phi) is 5.63. The lowest BCUT2D eigenvalue weighted by molar-refractivity contribution is 0.135. The van der Waals surface area contributed by atoms with Gasteiger partial charge in [0.25, 0.3) is 0 Å². The van der Waals surface area contributed by atoms with E-state index in [-0.39, 0.29) is 0 Å². The second-order valence-electron chi connectivity index (χ2n) is 4.93. The Balaban J connectivity index is 1.80. The summed E-state index contributed by atoms with van der Waals surface area (Å²) in [6, 6.07) is 6.82. The molecule has 1 atom stereocenters. The number of hydrazine groups is 1. The maximum atomic E-state index is 5.58. The van der Waals surface area contributed by atoms with Gasteiger partial charge in [0.05, 0.1) is 6.61 Å². The first-order chi connectivity index (χ1) is 9.33. The molecule has 0 aliphatic carbocycles. The third kappa shape index (κ3) is 4.20. The molecule has 1 aliphatic heterocycles. The first-order valence-electron chi connectivity index (χ1n) is 7.12. The zero-order valence-corrected chi connectivity index (χ0v) is 11.7. The minimum Gasteiger partial charge on any atom is -0.493 e. The van der Waals surface area contributed by atoms with Crippen LogP contribution in [0.25, 0.3) is 0 Å². The van der Waals surface area contributed by atoms with Gasteiger partial charge in [-0.05, 0) is 43.4 Å². The molecule has 0 aromatic heterocycles. The van der Waals surface area contributed by atoms with Gasteiger partial charge >= 0.3 is 0 Å². The highest BCUT2D eigenvalue weighted by Gasteiger charge is 2.13. The van der Waals surface area contributed by atoms with Crippen molar-refractivity contribution in [1.29, 1.82) is 0 Å². The number of hydrogen-bond donors (Lipinski definition) is 2. The predicted molar refractivity (Wildman–Crippen MR) is 76.2 cm³/mol. The van der Waals surface area contributed by atoms with E-state index in [9.17, 15) is 0 Å². The summed E-state index contributed by atoms with van der Waals surface area (Å²) in [5.74, 6) is 6.63. The minimum atomic E-state index is 0.316. The van der Waals surface area contributed by atoms with Gasteiger partial charge in [-0.3, -0.25) is 11.3 Å². The number of nitrogens with one attached hydrogen (secondary N) is 1. The van der Waals surface area contributed by atoms with Crippen LogP contribution in [0.3, 0.4) is 0 Å². The zero-order chi connectivity index (χ0) is 13.5. The minimum absolute atomic E-state index is 0.316. The van der Waals surface area contributed by atoms with Gasteiger partial charge in [-0.1, -0.05) is 12.1 Å². The Morgan fingerprint density at radius 2 is 2.32 bits per heavy atom. The second kappa shape index (κ2) is 7.48. The fourth-order valence-electron chi connectivity index (χ4n) is 2.42. The quantitative estimate of drug-likeness (QED) is 0.427. The molecule has 0 spiro atoms. The van der Waals surface area contributed by atoms with Crippen LogP contribution in [0, 0.1) is 0 Å². The van der Waals surface area contributed by atoms with Gasteiger partial charge in [0, 0.05) is 25.7 Å². The summed E-state index contributed by atoms with van der Waals surface area (Å²) < 4.78 is 10.9. The average Bonchev–Trinajstić information content (AvgIpc) is 2.90. The van der Waals surface area contributed by atoms with Crippen molar-refractivity contribution in [3.05, 3.63) is 29.3 Å². The van der Waals surface area contributed by atoms with E-state index in [1.807, 2.05) is 6.92 Å².